The summed E-state index contributed by atoms with van der Waals surface area (Å²) in [6.45, 7) is 3.82. The highest BCUT2D eigenvalue weighted by atomic mass is 16.2. The normalized spacial score (nSPS) is 20.2. The van der Waals surface area contributed by atoms with Crippen LogP contribution in [0, 0.1) is 18.8 Å². The second kappa shape index (κ2) is 8.17. The van der Waals surface area contributed by atoms with Crippen LogP contribution in [0.3, 0.4) is 0 Å². The molecule has 28 heavy (non-hydrogen) atoms. The second-order valence-corrected chi connectivity index (χ2v) is 8.12. The van der Waals surface area contributed by atoms with E-state index in [0.29, 0.717) is 26.1 Å². The summed E-state index contributed by atoms with van der Waals surface area (Å²) in [5.74, 6) is 0.281. The van der Waals surface area contributed by atoms with Crippen LogP contribution in [0.25, 0.3) is 11.1 Å². The topological polar surface area (TPSA) is 49.4 Å². The van der Waals surface area contributed by atoms with Crippen LogP contribution in [0.4, 0.5) is 0 Å². The molecule has 2 fully saturated rings. The number of carbonyl (C=O) groups is 2. The standard InChI is InChI=1S/C24H28N2O2/c1-17-6-2-3-11-22(17)20-10-4-7-18(14-20)15-21-16-26(13-12-25-23(21)27)24(28)19-8-5-9-19/h2-4,6-7,10-11,14,19,21H,5,8-9,12-13,15-16H2,1H3,(H,25,27). The van der Waals surface area contributed by atoms with Crippen LogP contribution in [-0.4, -0.2) is 36.3 Å². The number of aryl methyl sites for hydroxylation is 1. The Labute approximate surface area is 166 Å². The number of rotatable bonds is 4. The maximum Gasteiger partial charge on any atom is 0.225 e. The van der Waals surface area contributed by atoms with Gasteiger partial charge < -0.3 is 10.2 Å². The van der Waals surface area contributed by atoms with E-state index in [2.05, 4.69) is 54.7 Å². The minimum atomic E-state index is -0.196. The van der Waals surface area contributed by atoms with E-state index >= 15 is 0 Å². The first-order valence-corrected chi connectivity index (χ1v) is 10.3. The first kappa shape index (κ1) is 18.7. The molecule has 1 saturated heterocycles. The van der Waals surface area contributed by atoms with Gasteiger partial charge >= 0.3 is 0 Å². The molecule has 1 heterocycles. The van der Waals surface area contributed by atoms with Crippen LogP contribution < -0.4 is 5.32 Å². The molecule has 1 aliphatic heterocycles. The summed E-state index contributed by atoms with van der Waals surface area (Å²) in [6, 6.07) is 16.8. The highest BCUT2D eigenvalue weighted by molar-refractivity contribution is 5.83. The van der Waals surface area contributed by atoms with Crippen LogP contribution in [0.2, 0.25) is 0 Å². The van der Waals surface area contributed by atoms with Gasteiger partial charge in [0.15, 0.2) is 0 Å². The molecule has 0 spiro atoms. The number of nitrogens with one attached hydrogen (secondary N) is 1. The largest absolute Gasteiger partial charge is 0.354 e. The molecule has 0 bridgehead atoms. The molecule has 1 unspecified atom stereocenters. The molecule has 1 aliphatic carbocycles. The van der Waals surface area contributed by atoms with Gasteiger partial charge in [-0.25, -0.2) is 0 Å². The molecule has 0 aromatic heterocycles. The Morgan fingerprint density at radius 2 is 1.96 bits per heavy atom. The Morgan fingerprint density at radius 3 is 2.71 bits per heavy atom. The lowest BCUT2D eigenvalue weighted by molar-refractivity contribution is -0.138. The van der Waals surface area contributed by atoms with E-state index in [1.54, 1.807) is 0 Å². The molecule has 2 aromatic carbocycles. The molecule has 4 heteroatoms. The van der Waals surface area contributed by atoms with Crippen LogP contribution in [0.1, 0.15) is 30.4 Å². The number of amides is 2. The van der Waals surface area contributed by atoms with Crippen molar-refractivity contribution >= 4 is 11.8 Å². The van der Waals surface area contributed by atoms with Gasteiger partial charge in [0.25, 0.3) is 0 Å². The zero-order valence-corrected chi connectivity index (χ0v) is 16.5. The third kappa shape index (κ3) is 3.96. The van der Waals surface area contributed by atoms with Crippen molar-refractivity contribution in [1.29, 1.82) is 0 Å². The molecule has 146 valence electrons. The molecular formula is C24H28N2O2. The molecule has 4 rings (SSSR count). The molecule has 0 radical (unpaired) electrons. The lowest BCUT2D eigenvalue weighted by atomic mass is 9.84. The van der Waals surface area contributed by atoms with Crippen molar-refractivity contribution in [3.05, 3.63) is 59.7 Å². The predicted molar refractivity (Wildman–Crippen MR) is 111 cm³/mol. The molecule has 1 N–H and O–H groups in total. The molecule has 2 aliphatic rings. The molecule has 2 aromatic rings. The quantitative estimate of drug-likeness (QED) is 0.887. The number of benzene rings is 2. The van der Waals surface area contributed by atoms with Crippen molar-refractivity contribution in [2.24, 2.45) is 11.8 Å². The smallest absolute Gasteiger partial charge is 0.225 e. The SMILES string of the molecule is Cc1ccccc1-c1cccc(CC2CN(C(=O)C3CCC3)CCNC2=O)c1. The third-order valence-corrected chi connectivity index (χ3v) is 6.12. The van der Waals surface area contributed by atoms with E-state index in [1.165, 1.54) is 16.7 Å². The minimum Gasteiger partial charge on any atom is -0.354 e. The Balaban J connectivity index is 1.52. The average Bonchev–Trinajstić information content (AvgIpc) is 2.83. The molecule has 2 amide bonds. The first-order valence-electron chi connectivity index (χ1n) is 10.3. The number of hydrogen-bond acceptors (Lipinski definition) is 2. The van der Waals surface area contributed by atoms with Crippen molar-refractivity contribution in [3.8, 4) is 11.1 Å². The van der Waals surface area contributed by atoms with Gasteiger partial charge in [0, 0.05) is 25.6 Å². The van der Waals surface area contributed by atoms with E-state index in [-0.39, 0.29) is 23.7 Å². The summed E-state index contributed by atoms with van der Waals surface area (Å²) in [5.41, 5.74) is 4.77. The first-order chi connectivity index (χ1) is 13.6. The van der Waals surface area contributed by atoms with Gasteiger partial charge in [-0.05, 0) is 48.4 Å². The van der Waals surface area contributed by atoms with Gasteiger partial charge in [0.2, 0.25) is 11.8 Å². The van der Waals surface area contributed by atoms with Crippen LogP contribution in [0.15, 0.2) is 48.5 Å². The van der Waals surface area contributed by atoms with Crippen LogP contribution >= 0.6 is 0 Å². The Kier molecular flexibility index (Phi) is 5.47. The molecular weight excluding hydrogens is 348 g/mol. The van der Waals surface area contributed by atoms with Gasteiger partial charge in [-0.1, -0.05) is 55.0 Å². The van der Waals surface area contributed by atoms with Gasteiger partial charge in [-0.2, -0.15) is 0 Å². The van der Waals surface area contributed by atoms with E-state index in [0.717, 1.165) is 24.8 Å². The number of nitrogens with zero attached hydrogens (tertiary/aromatic N) is 1. The lowest BCUT2D eigenvalue weighted by Crippen LogP contribution is -2.42. The van der Waals surface area contributed by atoms with E-state index in [9.17, 15) is 9.59 Å². The average molecular weight is 377 g/mol. The minimum absolute atomic E-state index is 0.0604. The van der Waals surface area contributed by atoms with Gasteiger partial charge in [0.05, 0.1) is 5.92 Å². The zero-order chi connectivity index (χ0) is 19.5. The van der Waals surface area contributed by atoms with Crippen molar-refractivity contribution in [2.45, 2.75) is 32.6 Å². The van der Waals surface area contributed by atoms with Crippen LogP contribution in [0.5, 0.6) is 0 Å². The Hall–Kier alpha value is -2.62. The molecule has 4 nitrogen and oxygen atoms in total. The highest BCUT2D eigenvalue weighted by Gasteiger charge is 2.33. The summed E-state index contributed by atoms with van der Waals surface area (Å²) < 4.78 is 0. The highest BCUT2D eigenvalue weighted by Crippen LogP contribution is 2.29. The van der Waals surface area contributed by atoms with Crippen molar-refractivity contribution in [1.82, 2.24) is 10.2 Å². The van der Waals surface area contributed by atoms with Crippen molar-refractivity contribution in [3.63, 3.8) is 0 Å². The monoisotopic (exact) mass is 376 g/mol. The number of hydrogen-bond donors (Lipinski definition) is 1. The van der Waals surface area contributed by atoms with E-state index in [1.807, 2.05) is 11.0 Å². The number of carbonyl (C=O) groups excluding carboxylic acids is 2. The fraction of sp³-hybridized carbons (Fsp3) is 0.417. The summed E-state index contributed by atoms with van der Waals surface area (Å²) in [4.78, 5) is 27.2. The van der Waals surface area contributed by atoms with Gasteiger partial charge in [-0.15, -0.1) is 0 Å². The molecule has 1 saturated carbocycles. The predicted octanol–water partition coefficient (Wildman–Crippen LogP) is 3.58. The van der Waals surface area contributed by atoms with E-state index < -0.39 is 0 Å². The van der Waals surface area contributed by atoms with Crippen molar-refractivity contribution < 1.29 is 9.59 Å². The van der Waals surface area contributed by atoms with Gasteiger partial charge in [0.1, 0.15) is 0 Å². The summed E-state index contributed by atoms with van der Waals surface area (Å²) >= 11 is 0. The van der Waals surface area contributed by atoms with Crippen molar-refractivity contribution in [2.75, 3.05) is 19.6 Å². The molecule has 1 atom stereocenters. The third-order valence-electron chi connectivity index (χ3n) is 6.12. The summed E-state index contributed by atoms with van der Waals surface area (Å²) in [7, 11) is 0. The maximum atomic E-state index is 12.7. The summed E-state index contributed by atoms with van der Waals surface area (Å²) in [5, 5.41) is 3.00. The van der Waals surface area contributed by atoms with Gasteiger partial charge in [-0.3, -0.25) is 9.59 Å². The second-order valence-electron chi connectivity index (χ2n) is 8.12. The Morgan fingerprint density at radius 1 is 1.14 bits per heavy atom. The maximum absolute atomic E-state index is 12.7. The fourth-order valence-electron chi connectivity index (χ4n) is 4.22. The Bertz CT molecular complexity index is 872. The summed E-state index contributed by atoms with van der Waals surface area (Å²) in [6.07, 6.45) is 3.80. The fourth-order valence-corrected chi connectivity index (χ4v) is 4.22. The lowest BCUT2D eigenvalue weighted by Gasteiger charge is -2.31. The zero-order valence-electron chi connectivity index (χ0n) is 16.5. The van der Waals surface area contributed by atoms with E-state index in [4.69, 9.17) is 0 Å². The van der Waals surface area contributed by atoms with Crippen LogP contribution in [-0.2, 0) is 16.0 Å².